The van der Waals surface area contributed by atoms with Gasteiger partial charge in [-0.2, -0.15) is 0 Å². The smallest absolute Gasteiger partial charge is 0.0902 e. The van der Waals surface area contributed by atoms with Crippen molar-refractivity contribution in [3.63, 3.8) is 0 Å². The van der Waals surface area contributed by atoms with E-state index in [1.165, 1.54) is 93.9 Å². The van der Waals surface area contributed by atoms with Gasteiger partial charge in [0.25, 0.3) is 0 Å². The van der Waals surface area contributed by atoms with Crippen molar-refractivity contribution in [2.45, 2.75) is 0 Å². The molecule has 0 aliphatic carbocycles. The van der Waals surface area contributed by atoms with Gasteiger partial charge in [0.1, 0.15) is 0 Å². The fraction of sp³-hybridized carbons (Fsp3) is 0. The standard InChI is InChI=1S/C47H25N3S3/c1-2-10-30-26(9-1)19-20-36-41(30)40(47-44(50-36)33-11-3-4-16-37(33)51-47)29-24-27(31-12-5-14-34-42-38(52-45(31)34)17-7-21-48-42)23-28(25-29)32-13-6-15-35-43-39(53-46(32)35)18-8-22-49-43/h1-25H. The molecule has 12 rings (SSSR count). The number of thiophene rings is 3. The molecule has 0 fully saturated rings. The van der Waals surface area contributed by atoms with Gasteiger partial charge in [0.05, 0.1) is 36.2 Å². The van der Waals surface area contributed by atoms with Crippen molar-refractivity contribution in [1.82, 2.24) is 15.0 Å². The van der Waals surface area contributed by atoms with Crippen LogP contribution in [0.25, 0.3) is 116 Å². The van der Waals surface area contributed by atoms with Crippen molar-refractivity contribution >= 4 is 117 Å². The summed E-state index contributed by atoms with van der Waals surface area (Å²) in [7, 11) is 0. The van der Waals surface area contributed by atoms with E-state index in [-0.39, 0.29) is 0 Å². The van der Waals surface area contributed by atoms with Crippen molar-refractivity contribution in [3.8, 4) is 33.4 Å². The van der Waals surface area contributed by atoms with Crippen LogP contribution >= 0.6 is 34.0 Å². The minimum atomic E-state index is 1.01. The van der Waals surface area contributed by atoms with E-state index in [1.54, 1.807) is 0 Å². The molecule has 0 N–H and O–H groups in total. The van der Waals surface area contributed by atoms with Crippen LogP contribution in [0.3, 0.4) is 0 Å². The van der Waals surface area contributed by atoms with Crippen LogP contribution in [0.5, 0.6) is 0 Å². The van der Waals surface area contributed by atoms with E-state index in [4.69, 9.17) is 15.0 Å². The van der Waals surface area contributed by atoms with Crippen molar-refractivity contribution in [3.05, 3.63) is 152 Å². The Morgan fingerprint density at radius 1 is 0.396 bits per heavy atom. The molecule has 0 amide bonds. The molecule has 0 unspecified atom stereocenters. The zero-order valence-corrected chi connectivity index (χ0v) is 30.4. The SMILES string of the molecule is c1ccc2c(c1)ccc1nc3c(sc4ccccc43)c(-c3cc(-c4cccc5c4sc4cccnc45)cc(-c4cccc5c4sc4cccnc45)c3)c12. The molecular weight excluding hydrogens is 703 g/mol. The molecule has 0 spiro atoms. The van der Waals surface area contributed by atoms with Crippen LogP contribution in [0, 0.1) is 0 Å². The van der Waals surface area contributed by atoms with Gasteiger partial charge in [-0.15, -0.1) is 34.0 Å². The second-order valence-corrected chi connectivity index (χ2v) is 16.7. The van der Waals surface area contributed by atoms with Crippen molar-refractivity contribution < 1.29 is 0 Å². The quantitative estimate of drug-likeness (QED) is 0.170. The van der Waals surface area contributed by atoms with Gasteiger partial charge in [-0.25, -0.2) is 4.98 Å². The Morgan fingerprint density at radius 3 is 1.66 bits per heavy atom. The first-order valence-corrected chi connectivity index (χ1v) is 20.0. The van der Waals surface area contributed by atoms with Crippen LogP contribution in [-0.4, -0.2) is 15.0 Å². The summed E-state index contributed by atoms with van der Waals surface area (Å²) in [5.74, 6) is 0. The molecule has 0 saturated carbocycles. The summed E-state index contributed by atoms with van der Waals surface area (Å²) in [4.78, 5) is 15.0. The lowest BCUT2D eigenvalue weighted by atomic mass is 9.90. The highest BCUT2D eigenvalue weighted by Crippen LogP contribution is 2.48. The lowest BCUT2D eigenvalue weighted by Crippen LogP contribution is -1.91. The lowest BCUT2D eigenvalue weighted by molar-refractivity contribution is 1.44. The molecule has 0 bridgehead atoms. The summed E-state index contributed by atoms with van der Waals surface area (Å²) in [6, 6.07) is 50.9. The fourth-order valence-corrected chi connectivity index (χ4v) is 11.8. The maximum atomic E-state index is 5.39. The molecule has 6 heteroatoms. The summed E-state index contributed by atoms with van der Waals surface area (Å²) in [5.41, 5.74) is 11.4. The van der Waals surface area contributed by atoms with Gasteiger partial charge < -0.3 is 0 Å². The predicted molar refractivity (Wildman–Crippen MR) is 230 cm³/mol. The van der Waals surface area contributed by atoms with Crippen LogP contribution in [0.1, 0.15) is 0 Å². The van der Waals surface area contributed by atoms with Gasteiger partial charge in [-0.05, 0) is 93.2 Å². The van der Waals surface area contributed by atoms with Crippen molar-refractivity contribution in [1.29, 1.82) is 0 Å². The van der Waals surface area contributed by atoms with Crippen LogP contribution in [0.4, 0.5) is 0 Å². The lowest BCUT2D eigenvalue weighted by Gasteiger charge is -2.16. The van der Waals surface area contributed by atoms with Gasteiger partial charge in [0.15, 0.2) is 0 Å². The van der Waals surface area contributed by atoms with Crippen LogP contribution in [0.15, 0.2) is 152 Å². The van der Waals surface area contributed by atoms with E-state index in [9.17, 15) is 0 Å². The number of hydrogen-bond donors (Lipinski definition) is 0. The Balaban J connectivity index is 1.25. The maximum absolute atomic E-state index is 5.39. The molecule has 0 saturated heterocycles. The molecule has 0 aliphatic heterocycles. The zero-order valence-electron chi connectivity index (χ0n) is 28.0. The summed E-state index contributed by atoms with van der Waals surface area (Å²) >= 11 is 5.50. The molecule has 0 aliphatic rings. The Labute approximate surface area is 315 Å². The molecule has 6 heterocycles. The Morgan fingerprint density at radius 2 is 0.962 bits per heavy atom. The summed E-state index contributed by atoms with van der Waals surface area (Å²) < 4.78 is 7.38. The third-order valence-corrected chi connectivity index (χ3v) is 14.1. The van der Waals surface area contributed by atoms with Gasteiger partial charge in [-0.3, -0.25) is 9.97 Å². The molecule has 53 heavy (non-hydrogen) atoms. The monoisotopic (exact) mass is 727 g/mol. The average Bonchev–Trinajstić information content (AvgIpc) is 3.91. The Bertz CT molecular complexity index is 3350. The van der Waals surface area contributed by atoms with E-state index < -0.39 is 0 Å². The van der Waals surface area contributed by atoms with Gasteiger partial charge >= 0.3 is 0 Å². The van der Waals surface area contributed by atoms with Gasteiger partial charge in [-0.1, -0.05) is 84.9 Å². The highest BCUT2D eigenvalue weighted by atomic mass is 32.1. The van der Waals surface area contributed by atoms with Crippen LogP contribution < -0.4 is 0 Å². The summed E-state index contributed by atoms with van der Waals surface area (Å²) in [6.07, 6.45) is 3.80. The largest absolute Gasteiger partial charge is 0.255 e. The third kappa shape index (κ3) is 4.34. The molecule has 12 aromatic rings. The van der Waals surface area contributed by atoms with Crippen LogP contribution in [0.2, 0.25) is 0 Å². The topological polar surface area (TPSA) is 38.7 Å². The first kappa shape index (κ1) is 29.5. The zero-order chi connectivity index (χ0) is 34.6. The number of hydrogen-bond acceptors (Lipinski definition) is 6. The van der Waals surface area contributed by atoms with Gasteiger partial charge in [0.2, 0.25) is 0 Å². The molecule has 246 valence electrons. The molecule has 0 radical (unpaired) electrons. The molecule has 6 aromatic heterocycles. The van der Waals surface area contributed by atoms with E-state index in [0.29, 0.717) is 0 Å². The highest BCUT2D eigenvalue weighted by Gasteiger charge is 2.21. The van der Waals surface area contributed by atoms with Crippen molar-refractivity contribution in [2.75, 3.05) is 0 Å². The van der Waals surface area contributed by atoms with E-state index in [0.717, 1.165) is 22.1 Å². The molecule has 6 aromatic carbocycles. The van der Waals surface area contributed by atoms with Gasteiger partial charge in [0, 0.05) is 53.6 Å². The second kappa shape index (κ2) is 11.2. The summed E-state index contributed by atoms with van der Waals surface area (Å²) in [6.45, 7) is 0. The second-order valence-electron chi connectivity index (χ2n) is 13.5. The van der Waals surface area contributed by atoms with Crippen molar-refractivity contribution in [2.24, 2.45) is 0 Å². The number of fused-ring (bicyclic) bond motifs is 12. The molecule has 0 atom stereocenters. The van der Waals surface area contributed by atoms with E-state index in [1.807, 2.05) is 58.5 Å². The number of nitrogens with zero attached hydrogens (tertiary/aromatic N) is 3. The first-order valence-electron chi connectivity index (χ1n) is 17.6. The Hall–Kier alpha value is -6.05. The first-order chi connectivity index (χ1) is 26.3. The number of aromatic nitrogens is 3. The number of benzene rings is 6. The molecular formula is C47H25N3S3. The highest BCUT2D eigenvalue weighted by molar-refractivity contribution is 7.27. The number of rotatable bonds is 3. The van der Waals surface area contributed by atoms with Crippen LogP contribution in [-0.2, 0) is 0 Å². The number of pyridine rings is 3. The van der Waals surface area contributed by atoms with E-state index in [2.05, 4.69) is 127 Å². The third-order valence-electron chi connectivity index (χ3n) is 10.5. The minimum Gasteiger partial charge on any atom is -0.255 e. The average molecular weight is 728 g/mol. The molecule has 3 nitrogen and oxygen atoms in total. The van der Waals surface area contributed by atoms with E-state index >= 15 is 0 Å². The predicted octanol–water partition coefficient (Wildman–Crippen LogP) is 14.3. The minimum absolute atomic E-state index is 1.01. The fourth-order valence-electron chi connectivity index (χ4n) is 8.21. The summed E-state index contributed by atoms with van der Waals surface area (Å²) in [5, 5.41) is 7.21. The Kier molecular flexibility index (Phi) is 6.25. The maximum Gasteiger partial charge on any atom is 0.0902 e. The normalized spacial score (nSPS) is 12.2.